The van der Waals surface area contributed by atoms with Gasteiger partial charge in [-0.15, -0.1) is 0 Å². The van der Waals surface area contributed by atoms with Gasteiger partial charge in [-0.1, -0.05) is 26.0 Å². The van der Waals surface area contributed by atoms with Crippen molar-refractivity contribution < 1.29 is 9.13 Å². The zero-order chi connectivity index (χ0) is 14.3. The molecule has 1 N–H and O–H groups in total. The van der Waals surface area contributed by atoms with Crippen molar-refractivity contribution in [3.8, 4) is 0 Å². The van der Waals surface area contributed by atoms with Crippen molar-refractivity contribution in [2.45, 2.75) is 32.9 Å². The summed E-state index contributed by atoms with van der Waals surface area (Å²) in [5.41, 5.74) is 1.68. The van der Waals surface area contributed by atoms with Crippen molar-refractivity contribution in [1.29, 1.82) is 0 Å². The summed E-state index contributed by atoms with van der Waals surface area (Å²) >= 11 is 0. The molecule has 0 radical (unpaired) electrons. The number of hydrogen-bond donors (Lipinski definition) is 1. The van der Waals surface area contributed by atoms with Crippen LogP contribution in [0.1, 0.15) is 25.8 Å². The molecule has 0 heterocycles. The lowest BCUT2D eigenvalue weighted by atomic mass is 10.1. The van der Waals surface area contributed by atoms with E-state index < -0.39 is 0 Å². The maximum absolute atomic E-state index is 14.0. The van der Waals surface area contributed by atoms with Crippen LogP contribution in [-0.2, 0) is 11.3 Å². The predicted molar refractivity (Wildman–Crippen MR) is 78.1 cm³/mol. The smallest absolute Gasteiger partial charge is 0.146 e. The van der Waals surface area contributed by atoms with Gasteiger partial charge in [-0.3, -0.25) is 0 Å². The van der Waals surface area contributed by atoms with E-state index in [0.29, 0.717) is 24.9 Å². The van der Waals surface area contributed by atoms with Crippen molar-refractivity contribution in [3.63, 3.8) is 0 Å². The van der Waals surface area contributed by atoms with E-state index >= 15 is 0 Å². The molecule has 4 heteroatoms. The third-order valence-corrected chi connectivity index (χ3v) is 2.99. The average molecular weight is 268 g/mol. The fourth-order valence-electron chi connectivity index (χ4n) is 2.00. The molecule has 0 unspecified atom stereocenters. The molecule has 0 amide bonds. The van der Waals surface area contributed by atoms with Gasteiger partial charge in [-0.05, 0) is 18.1 Å². The molecule has 0 aromatic heterocycles. The minimum absolute atomic E-state index is 0.164. The van der Waals surface area contributed by atoms with E-state index in [4.69, 9.17) is 4.74 Å². The molecular weight excluding hydrogens is 243 g/mol. The molecule has 0 aliphatic rings. The highest BCUT2D eigenvalue weighted by Gasteiger charge is 2.12. The van der Waals surface area contributed by atoms with Gasteiger partial charge < -0.3 is 15.0 Å². The van der Waals surface area contributed by atoms with Gasteiger partial charge in [0.25, 0.3) is 0 Å². The second-order valence-electron chi connectivity index (χ2n) is 5.05. The van der Waals surface area contributed by atoms with Crippen LogP contribution in [0.2, 0.25) is 0 Å². The second kappa shape index (κ2) is 8.12. The van der Waals surface area contributed by atoms with E-state index in [0.717, 1.165) is 18.5 Å². The molecule has 0 spiro atoms. The monoisotopic (exact) mass is 268 g/mol. The zero-order valence-corrected chi connectivity index (χ0v) is 12.4. The van der Waals surface area contributed by atoms with Crippen LogP contribution in [0.15, 0.2) is 18.2 Å². The Labute approximate surface area is 115 Å². The van der Waals surface area contributed by atoms with Crippen molar-refractivity contribution in [2.75, 3.05) is 32.2 Å². The molecule has 0 atom stereocenters. The van der Waals surface area contributed by atoms with Gasteiger partial charge in [0.1, 0.15) is 5.82 Å². The zero-order valence-electron chi connectivity index (χ0n) is 12.4. The van der Waals surface area contributed by atoms with Crippen LogP contribution in [-0.4, -0.2) is 33.4 Å². The molecule has 1 rings (SSSR count). The van der Waals surface area contributed by atoms with E-state index in [9.17, 15) is 4.39 Å². The Morgan fingerprint density at radius 2 is 2.11 bits per heavy atom. The number of ether oxygens (including phenoxy) is 1. The van der Waals surface area contributed by atoms with Gasteiger partial charge in [0.15, 0.2) is 0 Å². The fraction of sp³-hybridized carbons (Fsp3) is 0.600. The molecule has 0 aliphatic carbocycles. The molecule has 0 saturated carbocycles. The summed E-state index contributed by atoms with van der Waals surface area (Å²) in [6.45, 7) is 6.32. The van der Waals surface area contributed by atoms with Gasteiger partial charge in [0.05, 0.1) is 5.69 Å². The Balaban J connectivity index is 2.78. The average Bonchev–Trinajstić information content (AvgIpc) is 2.36. The Morgan fingerprint density at radius 3 is 2.74 bits per heavy atom. The molecular formula is C15H25FN2O. The minimum Gasteiger partial charge on any atom is -0.385 e. The van der Waals surface area contributed by atoms with Gasteiger partial charge in [-0.25, -0.2) is 4.39 Å². The second-order valence-corrected chi connectivity index (χ2v) is 5.05. The van der Waals surface area contributed by atoms with Crippen molar-refractivity contribution in [3.05, 3.63) is 29.6 Å². The van der Waals surface area contributed by atoms with Crippen molar-refractivity contribution in [2.24, 2.45) is 0 Å². The van der Waals surface area contributed by atoms with Crippen LogP contribution in [0.5, 0.6) is 0 Å². The van der Waals surface area contributed by atoms with Gasteiger partial charge in [0.2, 0.25) is 0 Å². The molecule has 108 valence electrons. The fourth-order valence-corrected chi connectivity index (χ4v) is 2.00. The Hall–Kier alpha value is -1.13. The van der Waals surface area contributed by atoms with Crippen LogP contribution in [0.4, 0.5) is 10.1 Å². The van der Waals surface area contributed by atoms with Crippen LogP contribution in [0.3, 0.4) is 0 Å². The first-order chi connectivity index (χ1) is 9.06. The summed E-state index contributed by atoms with van der Waals surface area (Å²) in [6, 6.07) is 5.63. The van der Waals surface area contributed by atoms with Crippen molar-refractivity contribution in [1.82, 2.24) is 5.32 Å². The first-order valence-electron chi connectivity index (χ1n) is 6.77. The number of hydrogen-bond acceptors (Lipinski definition) is 3. The summed E-state index contributed by atoms with van der Waals surface area (Å²) in [4.78, 5) is 1.96. The number of nitrogens with one attached hydrogen (secondary N) is 1. The lowest BCUT2D eigenvalue weighted by Gasteiger charge is -2.23. The Kier molecular flexibility index (Phi) is 6.81. The van der Waals surface area contributed by atoms with Crippen LogP contribution < -0.4 is 10.2 Å². The van der Waals surface area contributed by atoms with Crippen LogP contribution >= 0.6 is 0 Å². The number of rotatable bonds is 8. The van der Waals surface area contributed by atoms with E-state index in [1.54, 1.807) is 13.2 Å². The normalized spacial score (nSPS) is 11.1. The van der Waals surface area contributed by atoms with E-state index in [1.165, 1.54) is 6.07 Å². The Morgan fingerprint density at radius 1 is 1.37 bits per heavy atom. The number of methoxy groups -OCH3 is 1. The maximum Gasteiger partial charge on any atom is 0.146 e. The molecule has 1 aromatic carbocycles. The highest BCUT2D eigenvalue weighted by molar-refractivity contribution is 5.54. The van der Waals surface area contributed by atoms with Crippen molar-refractivity contribution >= 4 is 5.69 Å². The molecule has 0 fully saturated rings. The molecule has 1 aromatic rings. The molecule has 3 nitrogen and oxygen atoms in total. The quantitative estimate of drug-likeness (QED) is 0.734. The van der Waals surface area contributed by atoms with E-state index in [1.807, 2.05) is 18.0 Å². The topological polar surface area (TPSA) is 24.5 Å². The summed E-state index contributed by atoms with van der Waals surface area (Å²) in [6.07, 6.45) is 0.887. The van der Waals surface area contributed by atoms with E-state index in [2.05, 4.69) is 19.2 Å². The summed E-state index contributed by atoms with van der Waals surface area (Å²) in [5, 5.41) is 3.33. The van der Waals surface area contributed by atoms with Gasteiger partial charge >= 0.3 is 0 Å². The van der Waals surface area contributed by atoms with E-state index in [-0.39, 0.29) is 5.82 Å². The maximum atomic E-state index is 14.0. The number of anilines is 1. The van der Waals surface area contributed by atoms with Gasteiger partial charge in [-0.2, -0.15) is 0 Å². The number of benzene rings is 1. The first kappa shape index (κ1) is 15.9. The van der Waals surface area contributed by atoms with Crippen LogP contribution in [0.25, 0.3) is 0 Å². The minimum atomic E-state index is -0.164. The largest absolute Gasteiger partial charge is 0.385 e. The number of halogens is 1. The Bertz CT molecular complexity index is 382. The number of para-hydroxylation sites is 1. The lowest BCUT2D eigenvalue weighted by Crippen LogP contribution is -2.26. The predicted octanol–water partition coefficient (Wildman–Crippen LogP) is 2.80. The SMILES string of the molecule is COCCCN(C)c1c(F)cccc1CNC(C)C. The van der Waals surface area contributed by atoms with Crippen LogP contribution in [0, 0.1) is 5.82 Å². The highest BCUT2D eigenvalue weighted by Crippen LogP contribution is 2.23. The standard InChI is InChI=1S/C15H25FN2O/c1-12(2)17-11-13-7-5-8-14(16)15(13)18(3)9-6-10-19-4/h5,7-8,12,17H,6,9-11H2,1-4H3. The highest BCUT2D eigenvalue weighted by atomic mass is 19.1. The summed E-state index contributed by atoms with van der Waals surface area (Å²) in [7, 11) is 3.61. The third kappa shape index (κ3) is 5.17. The first-order valence-corrected chi connectivity index (χ1v) is 6.77. The molecule has 0 saturated heterocycles. The molecule has 0 bridgehead atoms. The summed E-state index contributed by atoms with van der Waals surface area (Å²) in [5.74, 6) is -0.164. The number of nitrogens with zero attached hydrogens (tertiary/aromatic N) is 1. The molecule has 0 aliphatic heterocycles. The van der Waals surface area contributed by atoms with Gasteiger partial charge in [0, 0.05) is 39.9 Å². The lowest BCUT2D eigenvalue weighted by molar-refractivity contribution is 0.196. The molecule has 19 heavy (non-hydrogen) atoms. The third-order valence-electron chi connectivity index (χ3n) is 2.99. The summed E-state index contributed by atoms with van der Waals surface area (Å²) < 4.78 is 19.1.